The Hall–Kier alpha value is -3.67. The molecular formula is C25H26F5N5O2. The van der Waals surface area contributed by atoms with Crippen LogP contribution in [0.3, 0.4) is 0 Å². The first-order valence-electron chi connectivity index (χ1n) is 11.7. The van der Waals surface area contributed by atoms with E-state index in [2.05, 4.69) is 10.4 Å². The molecule has 2 aromatic carbocycles. The van der Waals surface area contributed by atoms with E-state index in [0.717, 1.165) is 17.2 Å². The van der Waals surface area contributed by atoms with E-state index < -0.39 is 36.4 Å². The van der Waals surface area contributed by atoms with Crippen molar-refractivity contribution in [1.29, 1.82) is 0 Å². The zero-order valence-corrected chi connectivity index (χ0v) is 19.7. The Kier molecular flexibility index (Phi) is 7.96. The van der Waals surface area contributed by atoms with Crippen LogP contribution < -0.4 is 20.7 Å². The number of anilines is 2. The van der Waals surface area contributed by atoms with Crippen LogP contribution in [0.5, 0.6) is 11.5 Å². The molecule has 0 spiro atoms. The summed E-state index contributed by atoms with van der Waals surface area (Å²) in [5.41, 5.74) is 4.25. The van der Waals surface area contributed by atoms with Crippen LogP contribution in [0.4, 0.5) is 33.3 Å². The van der Waals surface area contributed by atoms with E-state index in [-0.39, 0.29) is 35.3 Å². The summed E-state index contributed by atoms with van der Waals surface area (Å²) in [6.45, 7) is 0.179. The van der Waals surface area contributed by atoms with Crippen molar-refractivity contribution in [3.8, 4) is 11.5 Å². The number of alkyl halides is 5. The molecule has 1 aromatic heterocycles. The molecule has 37 heavy (non-hydrogen) atoms. The zero-order chi connectivity index (χ0) is 26.6. The first-order chi connectivity index (χ1) is 17.7. The molecule has 0 bridgehead atoms. The van der Waals surface area contributed by atoms with Crippen molar-refractivity contribution in [2.24, 2.45) is 11.7 Å². The molecular weight excluding hydrogens is 497 g/mol. The fourth-order valence-electron chi connectivity index (χ4n) is 4.35. The summed E-state index contributed by atoms with van der Waals surface area (Å²) in [4.78, 5) is 14.4. The average Bonchev–Trinajstić information content (AvgIpc) is 3.32. The monoisotopic (exact) mass is 523 g/mol. The quantitative estimate of drug-likeness (QED) is 0.387. The number of para-hydroxylation sites is 1. The number of amides is 1. The van der Waals surface area contributed by atoms with E-state index in [9.17, 15) is 26.7 Å². The minimum Gasteiger partial charge on any atom is -0.457 e. The fraction of sp³-hybridized carbons (Fsp3) is 0.360. The van der Waals surface area contributed by atoms with Crippen LogP contribution in [-0.2, 0) is 12.7 Å². The molecule has 0 aliphatic carbocycles. The number of rotatable bonds is 8. The van der Waals surface area contributed by atoms with Gasteiger partial charge < -0.3 is 20.7 Å². The summed E-state index contributed by atoms with van der Waals surface area (Å²) in [6, 6.07) is 11.8. The Labute approximate surface area is 210 Å². The molecule has 12 heteroatoms. The third-order valence-corrected chi connectivity index (χ3v) is 6.01. The van der Waals surface area contributed by atoms with Gasteiger partial charge in [-0.1, -0.05) is 18.2 Å². The van der Waals surface area contributed by atoms with Crippen molar-refractivity contribution in [2.75, 3.05) is 29.9 Å². The lowest BCUT2D eigenvalue weighted by molar-refractivity contribution is -0.138. The van der Waals surface area contributed by atoms with E-state index in [1.165, 1.54) is 30.5 Å². The maximum Gasteiger partial charge on any atom is 0.422 e. The Bertz CT molecular complexity index is 1220. The van der Waals surface area contributed by atoms with Crippen molar-refractivity contribution < 1.29 is 31.5 Å². The van der Waals surface area contributed by atoms with Gasteiger partial charge in [0.15, 0.2) is 5.69 Å². The number of nitrogens with zero attached hydrogens (tertiary/aromatic N) is 3. The number of piperidine rings is 1. The highest BCUT2D eigenvalue weighted by Crippen LogP contribution is 2.48. The van der Waals surface area contributed by atoms with Gasteiger partial charge in [-0.25, -0.2) is 8.78 Å². The summed E-state index contributed by atoms with van der Waals surface area (Å²) in [7, 11) is 0. The molecule has 198 valence electrons. The second-order valence-corrected chi connectivity index (χ2v) is 8.71. The lowest BCUT2D eigenvalue weighted by Crippen LogP contribution is -2.40. The number of ether oxygens (including phenoxy) is 1. The highest BCUT2D eigenvalue weighted by Gasteiger charge is 2.41. The Morgan fingerprint density at radius 2 is 1.92 bits per heavy atom. The Balaban J connectivity index is 1.77. The minimum atomic E-state index is -4.82. The van der Waals surface area contributed by atoms with Gasteiger partial charge in [0.1, 0.15) is 23.6 Å². The summed E-state index contributed by atoms with van der Waals surface area (Å²) >= 11 is 0. The van der Waals surface area contributed by atoms with Crippen LogP contribution in [-0.4, -0.2) is 41.7 Å². The van der Waals surface area contributed by atoms with Crippen LogP contribution in [0.2, 0.25) is 0 Å². The molecule has 1 aliphatic rings. The number of nitrogens with two attached hydrogens (primary N) is 1. The second-order valence-electron chi connectivity index (χ2n) is 8.71. The van der Waals surface area contributed by atoms with Crippen molar-refractivity contribution in [1.82, 2.24) is 9.78 Å². The van der Waals surface area contributed by atoms with Gasteiger partial charge in [-0.15, -0.1) is 0 Å². The normalized spacial score (nSPS) is 16.2. The van der Waals surface area contributed by atoms with Gasteiger partial charge in [-0.05, 0) is 55.6 Å². The standard InChI is InChI=1S/C25H26F5N5O2/c26-21(27)15-35-12-10-19(33-35)24(36)32-18-8-9-20(37-17-6-2-1-3-7-17)22(25(28,29)30)23(18)34-11-4-5-16(13-31)14-34/h1-3,6-10,12,16,21H,4-5,11,13-15,31H2,(H,32,36)/t16-/m0/s1. The van der Waals surface area contributed by atoms with Crippen LogP contribution in [0.15, 0.2) is 54.7 Å². The summed E-state index contributed by atoms with van der Waals surface area (Å²) in [6.07, 6.45) is -4.90. The summed E-state index contributed by atoms with van der Waals surface area (Å²) in [5, 5.41) is 6.30. The molecule has 7 nitrogen and oxygen atoms in total. The molecule has 1 atom stereocenters. The van der Waals surface area contributed by atoms with Crippen LogP contribution in [0.25, 0.3) is 0 Å². The molecule has 1 amide bonds. The van der Waals surface area contributed by atoms with Crippen molar-refractivity contribution >= 4 is 17.3 Å². The van der Waals surface area contributed by atoms with E-state index in [1.807, 2.05) is 0 Å². The number of carbonyl (C=O) groups is 1. The molecule has 2 heterocycles. The lowest BCUT2D eigenvalue weighted by atomic mass is 9.96. The van der Waals surface area contributed by atoms with Gasteiger partial charge >= 0.3 is 6.18 Å². The molecule has 0 radical (unpaired) electrons. The Morgan fingerprint density at radius 3 is 2.59 bits per heavy atom. The Morgan fingerprint density at radius 1 is 1.16 bits per heavy atom. The number of nitrogens with one attached hydrogen (secondary N) is 1. The zero-order valence-electron chi connectivity index (χ0n) is 19.7. The highest BCUT2D eigenvalue weighted by atomic mass is 19.4. The van der Waals surface area contributed by atoms with E-state index >= 15 is 0 Å². The van der Waals surface area contributed by atoms with Gasteiger partial charge in [0.2, 0.25) is 0 Å². The molecule has 3 N–H and O–H groups in total. The SMILES string of the molecule is NC[C@@H]1CCCN(c2c(NC(=O)c3ccn(CC(F)F)n3)ccc(Oc3ccccc3)c2C(F)(F)F)C1. The van der Waals surface area contributed by atoms with Crippen molar-refractivity contribution in [3.63, 3.8) is 0 Å². The molecule has 3 aromatic rings. The number of benzene rings is 2. The predicted octanol–water partition coefficient (Wildman–Crippen LogP) is 5.39. The average molecular weight is 524 g/mol. The second kappa shape index (κ2) is 11.2. The third-order valence-electron chi connectivity index (χ3n) is 6.01. The maximum absolute atomic E-state index is 14.6. The van der Waals surface area contributed by atoms with E-state index in [0.29, 0.717) is 19.5 Å². The molecule has 0 unspecified atom stereocenters. The van der Waals surface area contributed by atoms with Crippen LogP contribution in [0.1, 0.15) is 28.9 Å². The molecule has 1 saturated heterocycles. The predicted molar refractivity (Wildman–Crippen MR) is 128 cm³/mol. The van der Waals surface area contributed by atoms with Crippen molar-refractivity contribution in [2.45, 2.75) is 32.0 Å². The lowest BCUT2D eigenvalue weighted by Gasteiger charge is -2.37. The molecule has 0 saturated carbocycles. The first-order valence-corrected chi connectivity index (χ1v) is 11.7. The van der Waals surface area contributed by atoms with Crippen molar-refractivity contribution in [3.05, 3.63) is 66.0 Å². The van der Waals surface area contributed by atoms with Gasteiger partial charge in [-0.3, -0.25) is 9.48 Å². The molecule has 4 rings (SSSR count). The third kappa shape index (κ3) is 6.37. The number of carbonyl (C=O) groups excluding carboxylic acids is 1. The van der Waals surface area contributed by atoms with Gasteiger partial charge in [-0.2, -0.15) is 18.3 Å². The first kappa shape index (κ1) is 26.4. The van der Waals surface area contributed by atoms with E-state index in [1.54, 1.807) is 23.1 Å². The van der Waals surface area contributed by atoms with Gasteiger partial charge in [0.05, 0.1) is 11.4 Å². The largest absolute Gasteiger partial charge is 0.457 e. The smallest absolute Gasteiger partial charge is 0.422 e. The topological polar surface area (TPSA) is 85.4 Å². The van der Waals surface area contributed by atoms with E-state index in [4.69, 9.17) is 10.5 Å². The minimum absolute atomic E-state index is 0.0258. The number of hydrogen-bond donors (Lipinski definition) is 2. The number of halogens is 5. The number of aromatic nitrogens is 2. The van der Waals surface area contributed by atoms with Gasteiger partial charge in [0, 0.05) is 19.3 Å². The maximum atomic E-state index is 14.6. The summed E-state index contributed by atoms with van der Waals surface area (Å²) < 4.78 is 75.6. The molecule has 1 aliphatic heterocycles. The molecule has 1 fully saturated rings. The number of hydrogen-bond acceptors (Lipinski definition) is 5. The van der Waals surface area contributed by atoms with Crippen LogP contribution in [0, 0.1) is 5.92 Å². The highest BCUT2D eigenvalue weighted by molar-refractivity contribution is 6.05. The fourth-order valence-corrected chi connectivity index (χ4v) is 4.35. The summed E-state index contributed by atoms with van der Waals surface area (Å²) in [5.74, 6) is -1.05. The van der Waals surface area contributed by atoms with Crippen LogP contribution >= 0.6 is 0 Å². The van der Waals surface area contributed by atoms with Gasteiger partial charge in [0.25, 0.3) is 12.3 Å².